The van der Waals surface area contributed by atoms with Crippen LogP contribution < -0.4 is 5.32 Å². The lowest BCUT2D eigenvalue weighted by Crippen LogP contribution is -2.40. The molecule has 3 aromatic rings. The van der Waals surface area contributed by atoms with Crippen molar-refractivity contribution in [2.75, 3.05) is 13.1 Å². The first kappa shape index (κ1) is 22.0. The maximum absolute atomic E-state index is 13.1. The molecule has 1 aromatic heterocycles. The third kappa shape index (κ3) is 6.13. The summed E-state index contributed by atoms with van der Waals surface area (Å²) in [6.45, 7) is 0.166. The highest BCUT2D eigenvalue weighted by Crippen LogP contribution is 2.18. The fraction of sp³-hybridized carbons (Fsp3) is 0.182. The van der Waals surface area contributed by atoms with E-state index in [-0.39, 0.29) is 23.9 Å². The van der Waals surface area contributed by atoms with E-state index in [1.807, 2.05) is 30.3 Å². The molecule has 8 heteroatoms. The highest BCUT2D eigenvalue weighted by Gasteiger charge is 2.27. The standard InChI is InChI=1S/C22H22ClN3O3S/c23-20-10-8-19(9-11-20)16-26(30(28,29)21-7-4-13-24-15-21)17-22(27)25-14-12-18-5-2-1-3-6-18/h1-11,13,15H,12,14,16-17H2,(H,25,27). The summed E-state index contributed by atoms with van der Waals surface area (Å²) < 4.78 is 27.4. The Hall–Kier alpha value is -2.74. The van der Waals surface area contributed by atoms with Crippen molar-refractivity contribution in [3.8, 4) is 0 Å². The monoisotopic (exact) mass is 443 g/mol. The number of aromatic nitrogens is 1. The second-order valence-corrected chi connectivity index (χ2v) is 9.05. The number of hydrogen-bond donors (Lipinski definition) is 1. The average molecular weight is 444 g/mol. The van der Waals surface area contributed by atoms with Crippen LogP contribution >= 0.6 is 11.6 Å². The molecule has 0 aliphatic rings. The van der Waals surface area contributed by atoms with Gasteiger partial charge in [-0.15, -0.1) is 0 Å². The van der Waals surface area contributed by atoms with Gasteiger partial charge in [-0.05, 0) is 41.8 Å². The summed E-state index contributed by atoms with van der Waals surface area (Å²) in [6, 6.07) is 19.6. The molecule has 0 spiro atoms. The highest BCUT2D eigenvalue weighted by atomic mass is 35.5. The molecule has 1 heterocycles. The van der Waals surface area contributed by atoms with Gasteiger partial charge in [-0.1, -0.05) is 54.1 Å². The van der Waals surface area contributed by atoms with Crippen molar-refractivity contribution in [3.63, 3.8) is 0 Å². The van der Waals surface area contributed by atoms with Gasteiger partial charge >= 0.3 is 0 Å². The molecule has 0 aliphatic carbocycles. The molecule has 0 radical (unpaired) electrons. The zero-order valence-electron chi connectivity index (χ0n) is 16.2. The van der Waals surface area contributed by atoms with Gasteiger partial charge in [0.25, 0.3) is 0 Å². The molecule has 1 amide bonds. The third-order valence-corrected chi connectivity index (χ3v) is 6.47. The minimum atomic E-state index is -3.90. The van der Waals surface area contributed by atoms with Crippen LogP contribution in [0.1, 0.15) is 11.1 Å². The number of rotatable bonds is 9. The number of carbonyl (C=O) groups excluding carboxylic acids is 1. The van der Waals surface area contributed by atoms with Crippen molar-refractivity contribution in [2.24, 2.45) is 0 Å². The molecule has 0 saturated heterocycles. The Bertz CT molecular complexity index is 1060. The van der Waals surface area contributed by atoms with Crippen LogP contribution in [-0.2, 0) is 27.8 Å². The normalized spacial score (nSPS) is 11.4. The van der Waals surface area contributed by atoms with Crippen LogP contribution in [0.15, 0.2) is 84.0 Å². The van der Waals surface area contributed by atoms with E-state index < -0.39 is 10.0 Å². The molecule has 1 N–H and O–H groups in total. The molecule has 0 unspecified atom stereocenters. The van der Waals surface area contributed by atoms with Gasteiger partial charge in [-0.3, -0.25) is 9.78 Å². The molecule has 6 nitrogen and oxygen atoms in total. The van der Waals surface area contributed by atoms with E-state index in [4.69, 9.17) is 11.6 Å². The molecule has 0 aliphatic heterocycles. The molecule has 30 heavy (non-hydrogen) atoms. The lowest BCUT2D eigenvalue weighted by Gasteiger charge is -2.22. The molecule has 0 atom stereocenters. The van der Waals surface area contributed by atoms with E-state index >= 15 is 0 Å². The number of pyridine rings is 1. The van der Waals surface area contributed by atoms with Gasteiger partial charge in [0.1, 0.15) is 4.90 Å². The van der Waals surface area contributed by atoms with Crippen LogP contribution in [0.3, 0.4) is 0 Å². The number of amides is 1. The van der Waals surface area contributed by atoms with E-state index in [2.05, 4.69) is 10.3 Å². The molecule has 156 valence electrons. The minimum Gasteiger partial charge on any atom is -0.355 e. The van der Waals surface area contributed by atoms with Gasteiger partial charge in [0.15, 0.2) is 0 Å². The number of halogens is 1. The lowest BCUT2D eigenvalue weighted by atomic mass is 10.1. The molecule has 2 aromatic carbocycles. The van der Waals surface area contributed by atoms with E-state index in [1.165, 1.54) is 18.5 Å². The second-order valence-electron chi connectivity index (χ2n) is 6.67. The van der Waals surface area contributed by atoms with E-state index in [0.717, 1.165) is 15.4 Å². The van der Waals surface area contributed by atoms with E-state index in [9.17, 15) is 13.2 Å². The quantitative estimate of drug-likeness (QED) is 0.550. The summed E-state index contributed by atoms with van der Waals surface area (Å²) in [5, 5.41) is 3.35. The van der Waals surface area contributed by atoms with Gasteiger partial charge in [-0.25, -0.2) is 8.42 Å². The zero-order chi connectivity index (χ0) is 21.4. The highest BCUT2D eigenvalue weighted by molar-refractivity contribution is 7.89. The first-order valence-electron chi connectivity index (χ1n) is 9.40. The van der Waals surface area contributed by atoms with Gasteiger partial charge in [0.2, 0.25) is 15.9 Å². The van der Waals surface area contributed by atoms with Crippen molar-refractivity contribution >= 4 is 27.5 Å². The average Bonchev–Trinajstić information content (AvgIpc) is 2.76. The summed E-state index contributed by atoms with van der Waals surface area (Å²) in [4.78, 5) is 16.4. The van der Waals surface area contributed by atoms with Gasteiger partial charge < -0.3 is 5.32 Å². The predicted octanol–water partition coefficient (Wildman–Crippen LogP) is 3.28. The Kier molecular flexibility index (Phi) is 7.57. The largest absolute Gasteiger partial charge is 0.355 e. The maximum Gasteiger partial charge on any atom is 0.245 e. The van der Waals surface area contributed by atoms with Gasteiger partial charge in [0, 0.05) is 30.5 Å². The Morgan fingerprint density at radius 2 is 1.70 bits per heavy atom. The first-order chi connectivity index (χ1) is 14.4. The van der Waals surface area contributed by atoms with Crippen LogP contribution in [0.2, 0.25) is 5.02 Å². The van der Waals surface area contributed by atoms with E-state index in [1.54, 1.807) is 30.3 Å². The number of carbonyl (C=O) groups is 1. The third-order valence-electron chi connectivity index (χ3n) is 4.44. The minimum absolute atomic E-state index is 0.0380. The Balaban J connectivity index is 1.71. The van der Waals surface area contributed by atoms with Crippen molar-refractivity contribution in [1.82, 2.24) is 14.6 Å². The number of nitrogens with one attached hydrogen (secondary N) is 1. The fourth-order valence-electron chi connectivity index (χ4n) is 2.88. The van der Waals surface area contributed by atoms with Crippen LogP contribution in [0.4, 0.5) is 0 Å². The summed E-state index contributed by atoms with van der Waals surface area (Å²) in [5.41, 5.74) is 1.82. The molecule has 0 fully saturated rings. The summed E-state index contributed by atoms with van der Waals surface area (Å²) >= 11 is 5.92. The van der Waals surface area contributed by atoms with Crippen LogP contribution in [-0.4, -0.2) is 36.7 Å². The first-order valence-corrected chi connectivity index (χ1v) is 11.2. The summed E-state index contributed by atoms with van der Waals surface area (Å²) in [6.07, 6.45) is 3.44. The SMILES string of the molecule is O=C(CN(Cc1ccc(Cl)cc1)S(=O)(=O)c1cccnc1)NCCc1ccccc1. The van der Waals surface area contributed by atoms with Crippen molar-refractivity contribution in [1.29, 1.82) is 0 Å². The van der Waals surface area contributed by atoms with E-state index in [0.29, 0.717) is 18.0 Å². The van der Waals surface area contributed by atoms with Gasteiger partial charge in [0.05, 0.1) is 6.54 Å². The Morgan fingerprint density at radius 3 is 2.37 bits per heavy atom. The molecular weight excluding hydrogens is 422 g/mol. The maximum atomic E-state index is 13.1. The number of hydrogen-bond acceptors (Lipinski definition) is 4. The second kappa shape index (κ2) is 10.3. The fourth-order valence-corrected chi connectivity index (χ4v) is 4.35. The summed E-state index contributed by atoms with van der Waals surface area (Å²) in [7, 11) is -3.90. The topological polar surface area (TPSA) is 79.4 Å². The number of sulfonamides is 1. The summed E-state index contributed by atoms with van der Waals surface area (Å²) in [5.74, 6) is -0.368. The van der Waals surface area contributed by atoms with Crippen molar-refractivity contribution in [3.05, 3.63) is 95.3 Å². The molecule has 0 bridgehead atoms. The number of nitrogens with zero attached hydrogens (tertiary/aromatic N) is 2. The van der Waals surface area contributed by atoms with Crippen molar-refractivity contribution in [2.45, 2.75) is 17.9 Å². The Labute approximate surface area is 181 Å². The molecule has 3 rings (SSSR count). The smallest absolute Gasteiger partial charge is 0.245 e. The van der Waals surface area contributed by atoms with Gasteiger partial charge in [-0.2, -0.15) is 4.31 Å². The zero-order valence-corrected chi connectivity index (χ0v) is 17.8. The van der Waals surface area contributed by atoms with Crippen LogP contribution in [0.25, 0.3) is 0 Å². The van der Waals surface area contributed by atoms with Crippen LogP contribution in [0, 0.1) is 0 Å². The van der Waals surface area contributed by atoms with Crippen LogP contribution in [0.5, 0.6) is 0 Å². The predicted molar refractivity (Wildman–Crippen MR) is 116 cm³/mol. The lowest BCUT2D eigenvalue weighted by molar-refractivity contribution is -0.121. The molecule has 0 saturated carbocycles. The Morgan fingerprint density at radius 1 is 0.967 bits per heavy atom. The number of benzene rings is 2. The molecular formula is C22H22ClN3O3S. The van der Waals surface area contributed by atoms with Crippen molar-refractivity contribution < 1.29 is 13.2 Å².